The molecule has 2 aromatic heterocycles. The van der Waals surface area contributed by atoms with Gasteiger partial charge in [-0.25, -0.2) is 0 Å². The lowest BCUT2D eigenvalue weighted by atomic mass is 10.3. The van der Waals surface area contributed by atoms with E-state index in [0.717, 1.165) is 4.88 Å². The van der Waals surface area contributed by atoms with E-state index in [-0.39, 0.29) is 12.5 Å². The van der Waals surface area contributed by atoms with Crippen molar-refractivity contribution in [3.8, 4) is 10.8 Å². The lowest BCUT2D eigenvalue weighted by molar-refractivity contribution is -0.117. The monoisotopic (exact) mass is 406 g/mol. The van der Waals surface area contributed by atoms with E-state index in [1.165, 1.54) is 11.3 Å². The number of amides is 1. The Morgan fingerprint density at radius 2 is 2.11 bits per heavy atom. The number of ether oxygens (including phenoxy) is 1. The Morgan fingerprint density at radius 3 is 2.81 bits per heavy atom. The lowest BCUT2D eigenvalue weighted by Crippen LogP contribution is -2.35. The summed E-state index contributed by atoms with van der Waals surface area (Å²) in [5.41, 5.74) is 0.689. The van der Waals surface area contributed by atoms with Gasteiger partial charge in [0.15, 0.2) is 0 Å². The molecular formula is C18H19ClN4O3S. The van der Waals surface area contributed by atoms with Crippen LogP contribution in [0.15, 0.2) is 46.2 Å². The summed E-state index contributed by atoms with van der Waals surface area (Å²) in [6.07, 6.45) is 0. The first kappa shape index (κ1) is 19.5. The predicted molar refractivity (Wildman–Crippen MR) is 105 cm³/mol. The second-order valence-corrected chi connectivity index (χ2v) is 7.12. The molecule has 0 saturated heterocycles. The van der Waals surface area contributed by atoms with Gasteiger partial charge in [0.25, 0.3) is 5.89 Å². The van der Waals surface area contributed by atoms with Gasteiger partial charge in [0.05, 0.1) is 24.6 Å². The molecule has 0 saturated carbocycles. The lowest BCUT2D eigenvalue weighted by Gasteiger charge is -2.19. The minimum Gasteiger partial charge on any atom is -0.419 e. The second kappa shape index (κ2) is 9.61. The summed E-state index contributed by atoms with van der Waals surface area (Å²) in [5, 5.41) is 13.6. The zero-order chi connectivity index (χ0) is 19.1. The zero-order valence-electron chi connectivity index (χ0n) is 14.7. The number of rotatable bonds is 9. The van der Waals surface area contributed by atoms with Crippen molar-refractivity contribution in [2.24, 2.45) is 0 Å². The van der Waals surface area contributed by atoms with Gasteiger partial charge in [-0.1, -0.05) is 17.7 Å². The van der Waals surface area contributed by atoms with Crippen LogP contribution in [0.2, 0.25) is 5.02 Å². The van der Waals surface area contributed by atoms with Gasteiger partial charge in [-0.2, -0.15) is 0 Å². The number of carbonyl (C=O) groups is 1. The summed E-state index contributed by atoms with van der Waals surface area (Å²) in [6.45, 7) is 1.57. The van der Waals surface area contributed by atoms with E-state index in [0.29, 0.717) is 42.2 Å². The molecule has 9 heteroatoms. The molecule has 3 rings (SSSR count). The van der Waals surface area contributed by atoms with Crippen molar-refractivity contribution in [3.05, 3.63) is 52.7 Å². The topological polar surface area (TPSA) is 80.5 Å². The molecule has 1 aromatic carbocycles. The summed E-state index contributed by atoms with van der Waals surface area (Å²) in [7, 11) is 1.62. The summed E-state index contributed by atoms with van der Waals surface area (Å²) in [5.74, 6) is 0.789. The van der Waals surface area contributed by atoms with E-state index in [2.05, 4.69) is 15.5 Å². The van der Waals surface area contributed by atoms with Crippen LogP contribution in [0.25, 0.3) is 10.8 Å². The maximum absolute atomic E-state index is 12.4. The van der Waals surface area contributed by atoms with E-state index >= 15 is 0 Å². The fourth-order valence-electron chi connectivity index (χ4n) is 2.38. The number of benzene rings is 1. The molecule has 0 aliphatic rings. The second-order valence-electron chi connectivity index (χ2n) is 5.74. The first-order valence-electron chi connectivity index (χ1n) is 8.27. The summed E-state index contributed by atoms with van der Waals surface area (Å²) in [6, 6.07) is 10.8. The predicted octanol–water partition coefficient (Wildman–Crippen LogP) is 3.54. The summed E-state index contributed by atoms with van der Waals surface area (Å²) < 4.78 is 10.8. The molecule has 0 bridgehead atoms. The van der Waals surface area contributed by atoms with Gasteiger partial charge in [0.1, 0.15) is 0 Å². The first-order chi connectivity index (χ1) is 13.1. The molecule has 0 aliphatic heterocycles. The van der Waals surface area contributed by atoms with Crippen LogP contribution in [0.1, 0.15) is 5.89 Å². The minimum atomic E-state index is -0.147. The average Bonchev–Trinajstić information content (AvgIpc) is 3.33. The summed E-state index contributed by atoms with van der Waals surface area (Å²) >= 11 is 7.39. The maximum atomic E-state index is 12.4. The molecule has 0 radical (unpaired) electrons. The number of hydrogen-bond acceptors (Lipinski definition) is 7. The van der Waals surface area contributed by atoms with Crippen LogP contribution in [-0.4, -0.2) is 47.8 Å². The summed E-state index contributed by atoms with van der Waals surface area (Å²) in [4.78, 5) is 15.2. The highest BCUT2D eigenvalue weighted by Crippen LogP contribution is 2.23. The number of anilines is 1. The molecule has 0 spiro atoms. The van der Waals surface area contributed by atoms with Crippen LogP contribution < -0.4 is 5.32 Å². The van der Waals surface area contributed by atoms with Crippen molar-refractivity contribution < 1.29 is 13.9 Å². The number of thiophene rings is 1. The first-order valence-corrected chi connectivity index (χ1v) is 9.53. The van der Waals surface area contributed by atoms with Gasteiger partial charge >= 0.3 is 0 Å². The molecule has 2 heterocycles. The van der Waals surface area contributed by atoms with Gasteiger partial charge in [-0.3, -0.25) is 9.69 Å². The molecule has 0 aliphatic carbocycles. The zero-order valence-corrected chi connectivity index (χ0v) is 16.3. The van der Waals surface area contributed by atoms with Crippen molar-refractivity contribution >= 4 is 34.5 Å². The average molecular weight is 407 g/mol. The smallest absolute Gasteiger partial charge is 0.257 e. The largest absolute Gasteiger partial charge is 0.419 e. The Balaban J connectivity index is 1.61. The Hall–Kier alpha value is -2.26. The van der Waals surface area contributed by atoms with Crippen molar-refractivity contribution in [1.29, 1.82) is 0 Å². The molecule has 0 unspecified atom stereocenters. The molecule has 1 N–H and O–H groups in total. The highest BCUT2D eigenvalue weighted by Gasteiger charge is 2.16. The molecule has 27 heavy (non-hydrogen) atoms. The van der Waals surface area contributed by atoms with Gasteiger partial charge in [0.2, 0.25) is 11.8 Å². The minimum absolute atomic E-state index is 0.147. The van der Waals surface area contributed by atoms with Crippen LogP contribution in [0.4, 0.5) is 5.69 Å². The third kappa shape index (κ3) is 5.86. The van der Waals surface area contributed by atoms with E-state index < -0.39 is 0 Å². The SMILES string of the molecule is COCCN(CC(=O)Nc1ccc(Cl)cc1)Cc1nnc(-c2cccs2)o1. The fraction of sp³-hybridized carbons (Fsp3) is 0.278. The number of carbonyl (C=O) groups excluding carboxylic acids is 1. The molecule has 7 nitrogen and oxygen atoms in total. The molecule has 1 amide bonds. The van der Waals surface area contributed by atoms with Crippen LogP contribution in [0, 0.1) is 0 Å². The van der Waals surface area contributed by atoms with E-state index in [1.807, 2.05) is 22.4 Å². The van der Waals surface area contributed by atoms with Gasteiger partial charge in [-0.15, -0.1) is 21.5 Å². The fourth-order valence-corrected chi connectivity index (χ4v) is 3.15. The van der Waals surface area contributed by atoms with Crippen LogP contribution in [-0.2, 0) is 16.1 Å². The van der Waals surface area contributed by atoms with Crippen molar-refractivity contribution in [3.63, 3.8) is 0 Å². The highest BCUT2D eigenvalue weighted by molar-refractivity contribution is 7.13. The molecule has 0 fully saturated rings. The normalized spacial score (nSPS) is 11.1. The third-order valence-corrected chi connectivity index (χ3v) is 4.77. The van der Waals surface area contributed by atoms with Gasteiger partial charge < -0.3 is 14.5 Å². The van der Waals surface area contributed by atoms with Crippen LogP contribution in [0.5, 0.6) is 0 Å². The van der Waals surface area contributed by atoms with E-state index in [9.17, 15) is 4.79 Å². The highest BCUT2D eigenvalue weighted by atomic mass is 35.5. The standard InChI is InChI=1S/C18H19ClN4O3S/c1-25-9-8-23(11-16(24)20-14-6-4-13(19)5-7-14)12-17-21-22-18(26-17)15-3-2-10-27-15/h2-7,10H,8-9,11-12H2,1H3,(H,20,24). The van der Waals surface area contributed by atoms with E-state index in [1.54, 1.807) is 31.4 Å². The number of halogens is 1. The van der Waals surface area contributed by atoms with Crippen molar-refractivity contribution in [2.75, 3.05) is 32.1 Å². The Morgan fingerprint density at radius 1 is 1.30 bits per heavy atom. The van der Waals surface area contributed by atoms with Crippen LogP contribution in [0.3, 0.4) is 0 Å². The maximum Gasteiger partial charge on any atom is 0.257 e. The Bertz CT molecular complexity index is 852. The number of hydrogen-bond donors (Lipinski definition) is 1. The van der Waals surface area contributed by atoms with Gasteiger partial charge in [0, 0.05) is 24.4 Å². The number of nitrogens with zero attached hydrogens (tertiary/aromatic N) is 3. The Labute approximate surface area is 165 Å². The van der Waals surface area contributed by atoms with Crippen molar-refractivity contribution in [2.45, 2.75) is 6.54 Å². The van der Waals surface area contributed by atoms with Gasteiger partial charge in [-0.05, 0) is 35.7 Å². The Kier molecular flexibility index (Phi) is 6.94. The number of aromatic nitrogens is 2. The molecular weight excluding hydrogens is 388 g/mol. The van der Waals surface area contributed by atoms with Crippen molar-refractivity contribution in [1.82, 2.24) is 15.1 Å². The molecule has 0 atom stereocenters. The third-order valence-electron chi connectivity index (χ3n) is 3.66. The quantitative estimate of drug-likeness (QED) is 0.585. The molecule has 3 aromatic rings. The van der Waals surface area contributed by atoms with Crippen LogP contribution >= 0.6 is 22.9 Å². The number of methoxy groups -OCH3 is 1. The number of nitrogens with one attached hydrogen (secondary N) is 1. The molecule has 142 valence electrons. The van der Waals surface area contributed by atoms with E-state index in [4.69, 9.17) is 20.8 Å².